The van der Waals surface area contributed by atoms with Gasteiger partial charge < -0.3 is 4.90 Å². The second-order valence-corrected chi connectivity index (χ2v) is 7.99. The Labute approximate surface area is 118 Å². The number of sulfone groups is 1. The molecule has 5 nitrogen and oxygen atoms in total. The normalized spacial score (nSPS) is 13.3. The summed E-state index contributed by atoms with van der Waals surface area (Å²) in [6, 6.07) is 0. The summed E-state index contributed by atoms with van der Waals surface area (Å²) in [6.45, 7) is 4.46. The first kappa shape index (κ1) is 16.1. The standard InChI is InChI=1S/C12H20N2O3S2/c1-5-9(2)11-10(8-15)18-12(13-11)14(3)6-7-19(4,16)17/h8-9H,5-7H2,1-4H3. The summed E-state index contributed by atoms with van der Waals surface area (Å²) in [5, 5.41) is 0.695. The summed E-state index contributed by atoms with van der Waals surface area (Å²) < 4.78 is 22.3. The second kappa shape index (κ2) is 6.47. The van der Waals surface area contributed by atoms with Crippen LogP contribution in [0.5, 0.6) is 0 Å². The number of rotatable bonds is 7. The molecule has 1 heterocycles. The van der Waals surface area contributed by atoms with Gasteiger partial charge in [0.05, 0.1) is 16.3 Å². The molecule has 0 aliphatic heterocycles. The predicted molar refractivity (Wildman–Crippen MR) is 79.2 cm³/mol. The maximum Gasteiger partial charge on any atom is 0.185 e. The van der Waals surface area contributed by atoms with Crippen LogP contribution in [-0.2, 0) is 9.84 Å². The van der Waals surface area contributed by atoms with Crippen LogP contribution in [0.15, 0.2) is 0 Å². The van der Waals surface area contributed by atoms with Crippen molar-refractivity contribution in [3.8, 4) is 0 Å². The molecule has 0 amide bonds. The average Bonchev–Trinajstić information content (AvgIpc) is 2.78. The van der Waals surface area contributed by atoms with Crippen molar-refractivity contribution in [1.82, 2.24) is 4.98 Å². The molecule has 0 spiro atoms. The fourth-order valence-electron chi connectivity index (χ4n) is 1.52. The van der Waals surface area contributed by atoms with Crippen LogP contribution in [0.2, 0.25) is 0 Å². The molecular weight excluding hydrogens is 284 g/mol. The van der Waals surface area contributed by atoms with E-state index in [1.165, 1.54) is 17.6 Å². The number of aromatic nitrogens is 1. The van der Waals surface area contributed by atoms with Gasteiger partial charge in [0.25, 0.3) is 0 Å². The number of carbonyl (C=O) groups excluding carboxylic acids is 1. The molecule has 0 aromatic carbocycles. The minimum absolute atomic E-state index is 0.0815. The third-order valence-electron chi connectivity index (χ3n) is 2.98. The summed E-state index contributed by atoms with van der Waals surface area (Å²) in [5.41, 5.74) is 0.809. The molecule has 1 aromatic heterocycles. The second-order valence-electron chi connectivity index (χ2n) is 4.72. The van der Waals surface area contributed by atoms with Crippen LogP contribution >= 0.6 is 11.3 Å². The molecular formula is C12H20N2O3S2. The van der Waals surface area contributed by atoms with Gasteiger partial charge in [-0.3, -0.25) is 4.79 Å². The predicted octanol–water partition coefficient (Wildman–Crippen LogP) is 1.95. The summed E-state index contributed by atoms with van der Waals surface area (Å²) in [6.07, 6.45) is 2.95. The van der Waals surface area contributed by atoms with Gasteiger partial charge in [0.15, 0.2) is 11.4 Å². The number of aldehydes is 1. The minimum Gasteiger partial charge on any atom is -0.350 e. The molecule has 0 radical (unpaired) electrons. The van der Waals surface area contributed by atoms with E-state index < -0.39 is 9.84 Å². The third kappa shape index (κ3) is 4.58. The number of thiazole rings is 1. The van der Waals surface area contributed by atoms with Gasteiger partial charge in [0.2, 0.25) is 0 Å². The van der Waals surface area contributed by atoms with Crippen molar-refractivity contribution in [1.29, 1.82) is 0 Å². The quantitative estimate of drug-likeness (QED) is 0.720. The minimum atomic E-state index is -2.99. The van der Waals surface area contributed by atoms with Crippen LogP contribution < -0.4 is 4.90 Å². The lowest BCUT2D eigenvalue weighted by atomic mass is 10.0. The van der Waals surface area contributed by atoms with Gasteiger partial charge in [-0.1, -0.05) is 25.2 Å². The third-order valence-corrected chi connectivity index (χ3v) is 5.01. The van der Waals surface area contributed by atoms with Gasteiger partial charge in [0.1, 0.15) is 9.84 Å². The first-order valence-electron chi connectivity index (χ1n) is 6.13. The lowest BCUT2D eigenvalue weighted by Gasteiger charge is -2.14. The van der Waals surface area contributed by atoms with E-state index in [1.54, 1.807) is 11.9 Å². The smallest absolute Gasteiger partial charge is 0.185 e. The topological polar surface area (TPSA) is 67.3 Å². The first-order chi connectivity index (χ1) is 8.78. The first-order valence-corrected chi connectivity index (χ1v) is 9.01. The Hall–Kier alpha value is -0.950. The molecule has 1 aromatic rings. The van der Waals surface area contributed by atoms with Crippen LogP contribution in [-0.4, -0.2) is 45.3 Å². The van der Waals surface area contributed by atoms with E-state index >= 15 is 0 Å². The molecule has 0 saturated heterocycles. The van der Waals surface area contributed by atoms with Crippen molar-refractivity contribution in [2.24, 2.45) is 0 Å². The fraction of sp³-hybridized carbons (Fsp3) is 0.667. The largest absolute Gasteiger partial charge is 0.350 e. The van der Waals surface area contributed by atoms with Crippen LogP contribution in [0.1, 0.15) is 41.6 Å². The van der Waals surface area contributed by atoms with Crippen molar-refractivity contribution in [3.05, 3.63) is 10.6 Å². The van der Waals surface area contributed by atoms with E-state index in [9.17, 15) is 13.2 Å². The number of carbonyl (C=O) groups is 1. The maximum atomic E-state index is 11.2. The van der Waals surface area contributed by atoms with Gasteiger partial charge in [-0.05, 0) is 12.3 Å². The SMILES string of the molecule is CCC(C)c1nc(N(C)CCS(C)(=O)=O)sc1C=O. The zero-order valence-electron chi connectivity index (χ0n) is 11.7. The molecule has 1 atom stereocenters. The molecule has 0 aliphatic rings. The highest BCUT2D eigenvalue weighted by Gasteiger charge is 2.18. The zero-order chi connectivity index (χ0) is 14.6. The van der Waals surface area contributed by atoms with Gasteiger partial charge in [-0.25, -0.2) is 13.4 Å². The summed E-state index contributed by atoms with van der Waals surface area (Å²) in [5.74, 6) is 0.312. The summed E-state index contributed by atoms with van der Waals surface area (Å²) in [4.78, 5) is 17.9. The Balaban J connectivity index is 2.89. The lowest BCUT2D eigenvalue weighted by Crippen LogP contribution is -2.24. The Bertz CT molecular complexity index is 537. The Morgan fingerprint density at radius 3 is 2.58 bits per heavy atom. The molecule has 0 bridgehead atoms. The molecule has 19 heavy (non-hydrogen) atoms. The Kier molecular flexibility index (Phi) is 5.49. The molecule has 108 valence electrons. The van der Waals surface area contributed by atoms with E-state index in [-0.39, 0.29) is 11.7 Å². The van der Waals surface area contributed by atoms with Crippen molar-refractivity contribution in [2.75, 3.05) is 30.5 Å². The van der Waals surface area contributed by atoms with Gasteiger partial charge in [-0.2, -0.15) is 0 Å². The van der Waals surface area contributed by atoms with E-state index in [0.717, 1.165) is 18.4 Å². The van der Waals surface area contributed by atoms with E-state index in [2.05, 4.69) is 4.98 Å². The van der Waals surface area contributed by atoms with Gasteiger partial charge in [0, 0.05) is 19.8 Å². The van der Waals surface area contributed by atoms with Crippen LogP contribution in [0.3, 0.4) is 0 Å². The summed E-state index contributed by atoms with van der Waals surface area (Å²) in [7, 11) is -1.20. The van der Waals surface area contributed by atoms with Crippen LogP contribution in [0, 0.1) is 0 Å². The molecule has 0 saturated carbocycles. The number of hydrogen-bond acceptors (Lipinski definition) is 6. The molecule has 0 aliphatic carbocycles. The van der Waals surface area contributed by atoms with Crippen molar-refractivity contribution >= 4 is 32.6 Å². The van der Waals surface area contributed by atoms with Crippen LogP contribution in [0.25, 0.3) is 0 Å². The van der Waals surface area contributed by atoms with E-state index in [4.69, 9.17) is 0 Å². The molecule has 1 unspecified atom stereocenters. The summed E-state index contributed by atoms with van der Waals surface area (Å²) >= 11 is 1.31. The van der Waals surface area contributed by atoms with Gasteiger partial charge in [-0.15, -0.1) is 0 Å². The number of anilines is 1. The van der Waals surface area contributed by atoms with E-state index in [0.29, 0.717) is 16.6 Å². The molecule has 1 rings (SSSR count). The molecule has 0 N–H and O–H groups in total. The molecule has 0 fully saturated rings. The highest BCUT2D eigenvalue weighted by Crippen LogP contribution is 2.30. The maximum absolute atomic E-state index is 11.2. The lowest BCUT2D eigenvalue weighted by molar-refractivity contribution is 0.112. The number of hydrogen-bond donors (Lipinski definition) is 0. The number of nitrogens with zero attached hydrogens (tertiary/aromatic N) is 2. The van der Waals surface area contributed by atoms with Crippen molar-refractivity contribution in [2.45, 2.75) is 26.2 Å². The van der Waals surface area contributed by atoms with Gasteiger partial charge >= 0.3 is 0 Å². The fourth-order valence-corrected chi connectivity index (χ4v) is 3.12. The molecule has 7 heteroatoms. The highest BCUT2D eigenvalue weighted by molar-refractivity contribution is 7.90. The van der Waals surface area contributed by atoms with Crippen molar-refractivity contribution < 1.29 is 13.2 Å². The Morgan fingerprint density at radius 2 is 2.11 bits per heavy atom. The van der Waals surface area contributed by atoms with Crippen molar-refractivity contribution in [3.63, 3.8) is 0 Å². The monoisotopic (exact) mass is 304 g/mol. The van der Waals surface area contributed by atoms with E-state index in [1.807, 2.05) is 13.8 Å². The highest BCUT2D eigenvalue weighted by atomic mass is 32.2. The Morgan fingerprint density at radius 1 is 1.47 bits per heavy atom. The zero-order valence-corrected chi connectivity index (χ0v) is 13.3. The average molecular weight is 304 g/mol. The van der Waals surface area contributed by atoms with Crippen LogP contribution in [0.4, 0.5) is 5.13 Å².